The van der Waals surface area contributed by atoms with Crippen LogP contribution in [0.3, 0.4) is 0 Å². The predicted molar refractivity (Wildman–Crippen MR) is 80.6 cm³/mol. The van der Waals surface area contributed by atoms with E-state index in [1.54, 1.807) is 6.33 Å². The molecular weight excluding hydrogens is 246 g/mol. The van der Waals surface area contributed by atoms with Gasteiger partial charge in [0.05, 0.1) is 6.04 Å². The molecule has 20 heavy (non-hydrogen) atoms. The van der Waals surface area contributed by atoms with Crippen LogP contribution in [0.5, 0.6) is 0 Å². The molecule has 1 atom stereocenters. The van der Waals surface area contributed by atoms with Crippen molar-refractivity contribution in [2.24, 2.45) is 0 Å². The summed E-state index contributed by atoms with van der Waals surface area (Å²) in [5.74, 6) is 0. The fourth-order valence-corrected chi connectivity index (χ4v) is 2.95. The quantitative estimate of drug-likeness (QED) is 0.904. The second-order valence-corrected chi connectivity index (χ2v) is 5.44. The number of benzene rings is 1. The van der Waals surface area contributed by atoms with Crippen LogP contribution >= 0.6 is 0 Å². The number of hydrogen-bond donors (Lipinski definition) is 1. The SMILES string of the molecule is CCCNC(c1cncnc1)c1ccc2c(c1)CCC2. The summed E-state index contributed by atoms with van der Waals surface area (Å²) in [4.78, 5) is 8.32. The van der Waals surface area contributed by atoms with Gasteiger partial charge in [0.25, 0.3) is 0 Å². The normalized spacial score (nSPS) is 15.1. The van der Waals surface area contributed by atoms with E-state index in [1.807, 2.05) is 12.4 Å². The maximum atomic E-state index is 4.16. The van der Waals surface area contributed by atoms with Crippen molar-refractivity contribution in [1.82, 2.24) is 15.3 Å². The summed E-state index contributed by atoms with van der Waals surface area (Å²) in [6.45, 7) is 3.19. The van der Waals surface area contributed by atoms with Gasteiger partial charge in [0.2, 0.25) is 0 Å². The van der Waals surface area contributed by atoms with Gasteiger partial charge in [-0.2, -0.15) is 0 Å². The maximum absolute atomic E-state index is 4.16. The molecule has 0 amide bonds. The highest BCUT2D eigenvalue weighted by atomic mass is 14.9. The first kappa shape index (κ1) is 13.3. The molecule has 1 aromatic carbocycles. The molecule has 0 bridgehead atoms. The first-order valence-corrected chi connectivity index (χ1v) is 7.48. The van der Waals surface area contributed by atoms with Crippen molar-refractivity contribution in [3.8, 4) is 0 Å². The molecule has 0 saturated heterocycles. The molecule has 0 radical (unpaired) electrons. The Morgan fingerprint density at radius 2 is 1.90 bits per heavy atom. The van der Waals surface area contributed by atoms with Gasteiger partial charge in [-0.05, 0) is 48.9 Å². The van der Waals surface area contributed by atoms with Crippen molar-refractivity contribution < 1.29 is 0 Å². The van der Waals surface area contributed by atoms with E-state index < -0.39 is 0 Å². The van der Waals surface area contributed by atoms with Crippen molar-refractivity contribution in [2.45, 2.75) is 38.6 Å². The number of rotatable bonds is 5. The zero-order chi connectivity index (χ0) is 13.8. The highest BCUT2D eigenvalue weighted by molar-refractivity contribution is 5.39. The van der Waals surface area contributed by atoms with E-state index in [9.17, 15) is 0 Å². The van der Waals surface area contributed by atoms with Gasteiger partial charge in [0.1, 0.15) is 6.33 Å². The molecule has 3 heteroatoms. The van der Waals surface area contributed by atoms with Crippen LogP contribution in [0.15, 0.2) is 36.9 Å². The third-order valence-electron chi connectivity index (χ3n) is 3.97. The molecule has 0 fully saturated rings. The third-order valence-corrected chi connectivity index (χ3v) is 3.97. The smallest absolute Gasteiger partial charge is 0.115 e. The molecule has 1 aliphatic rings. The standard InChI is InChI=1S/C17H21N3/c1-2-8-20-17(16-10-18-12-19-11-16)15-7-6-13-4-3-5-14(13)9-15/h6-7,9-12,17,20H,2-5,8H2,1H3. The lowest BCUT2D eigenvalue weighted by Crippen LogP contribution is -2.23. The maximum Gasteiger partial charge on any atom is 0.115 e. The van der Waals surface area contributed by atoms with E-state index in [2.05, 4.69) is 40.4 Å². The van der Waals surface area contributed by atoms with Crippen LogP contribution in [0.1, 0.15) is 48.1 Å². The summed E-state index contributed by atoms with van der Waals surface area (Å²) in [6.07, 6.45) is 10.3. The summed E-state index contributed by atoms with van der Waals surface area (Å²) < 4.78 is 0. The number of fused-ring (bicyclic) bond motifs is 1. The van der Waals surface area contributed by atoms with Gasteiger partial charge in [-0.25, -0.2) is 9.97 Å². The Morgan fingerprint density at radius 3 is 2.70 bits per heavy atom. The van der Waals surface area contributed by atoms with Crippen molar-refractivity contribution in [2.75, 3.05) is 6.54 Å². The summed E-state index contributed by atoms with van der Waals surface area (Å²) >= 11 is 0. The lowest BCUT2D eigenvalue weighted by atomic mass is 9.97. The Morgan fingerprint density at radius 1 is 1.10 bits per heavy atom. The Balaban J connectivity index is 1.92. The summed E-state index contributed by atoms with van der Waals surface area (Å²) in [5, 5.41) is 3.61. The second-order valence-electron chi connectivity index (χ2n) is 5.44. The molecule has 3 rings (SSSR count). The highest BCUT2D eigenvalue weighted by Gasteiger charge is 2.17. The fraction of sp³-hybridized carbons (Fsp3) is 0.412. The number of nitrogens with one attached hydrogen (secondary N) is 1. The molecular formula is C17H21N3. The average Bonchev–Trinajstić information content (AvgIpc) is 2.96. The molecule has 1 N–H and O–H groups in total. The Labute approximate surface area is 120 Å². The van der Waals surface area contributed by atoms with E-state index in [1.165, 1.54) is 36.0 Å². The molecule has 3 nitrogen and oxygen atoms in total. The molecule has 1 unspecified atom stereocenters. The van der Waals surface area contributed by atoms with Crippen LogP contribution in [-0.4, -0.2) is 16.5 Å². The molecule has 2 aromatic rings. The molecule has 1 aliphatic carbocycles. The Hall–Kier alpha value is -1.74. The fourth-order valence-electron chi connectivity index (χ4n) is 2.95. The highest BCUT2D eigenvalue weighted by Crippen LogP contribution is 2.28. The van der Waals surface area contributed by atoms with Gasteiger partial charge in [0.15, 0.2) is 0 Å². The van der Waals surface area contributed by atoms with Crippen LogP contribution in [0.4, 0.5) is 0 Å². The van der Waals surface area contributed by atoms with E-state index >= 15 is 0 Å². The average molecular weight is 267 g/mol. The molecule has 1 heterocycles. The van der Waals surface area contributed by atoms with Crippen molar-refractivity contribution >= 4 is 0 Å². The van der Waals surface area contributed by atoms with Crippen molar-refractivity contribution in [3.05, 3.63) is 59.2 Å². The zero-order valence-electron chi connectivity index (χ0n) is 12.0. The summed E-state index contributed by atoms with van der Waals surface area (Å²) in [6, 6.07) is 7.11. The van der Waals surface area contributed by atoms with Crippen LogP contribution < -0.4 is 5.32 Å². The number of nitrogens with zero attached hydrogens (tertiary/aromatic N) is 2. The van der Waals surface area contributed by atoms with E-state index in [4.69, 9.17) is 0 Å². The van der Waals surface area contributed by atoms with E-state index in [0.717, 1.165) is 18.5 Å². The molecule has 0 saturated carbocycles. The largest absolute Gasteiger partial charge is 0.306 e. The van der Waals surface area contributed by atoms with E-state index in [0.29, 0.717) is 0 Å². The molecule has 1 aromatic heterocycles. The molecule has 104 valence electrons. The Bertz CT molecular complexity index is 566. The first-order valence-electron chi connectivity index (χ1n) is 7.48. The van der Waals surface area contributed by atoms with Gasteiger partial charge in [-0.3, -0.25) is 0 Å². The summed E-state index contributed by atoms with van der Waals surface area (Å²) in [5.41, 5.74) is 5.50. The zero-order valence-corrected chi connectivity index (χ0v) is 12.0. The minimum absolute atomic E-state index is 0.196. The van der Waals surface area contributed by atoms with E-state index in [-0.39, 0.29) is 6.04 Å². The number of aromatic nitrogens is 2. The van der Waals surface area contributed by atoms with Crippen LogP contribution in [-0.2, 0) is 12.8 Å². The van der Waals surface area contributed by atoms with Crippen molar-refractivity contribution in [3.63, 3.8) is 0 Å². The van der Waals surface area contributed by atoms with Gasteiger partial charge in [-0.15, -0.1) is 0 Å². The molecule has 0 aliphatic heterocycles. The van der Waals surface area contributed by atoms with Crippen LogP contribution in [0, 0.1) is 0 Å². The first-order chi connectivity index (χ1) is 9.88. The third kappa shape index (κ3) is 2.73. The Kier molecular flexibility index (Phi) is 4.07. The van der Waals surface area contributed by atoms with Gasteiger partial charge >= 0.3 is 0 Å². The lowest BCUT2D eigenvalue weighted by molar-refractivity contribution is 0.594. The topological polar surface area (TPSA) is 37.8 Å². The monoisotopic (exact) mass is 267 g/mol. The second kappa shape index (κ2) is 6.14. The van der Waals surface area contributed by atoms with Gasteiger partial charge in [0, 0.05) is 18.0 Å². The van der Waals surface area contributed by atoms with Crippen molar-refractivity contribution in [1.29, 1.82) is 0 Å². The van der Waals surface area contributed by atoms with Gasteiger partial charge < -0.3 is 5.32 Å². The van der Waals surface area contributed by atoms with Crippen LogP contribution in [0.25, 0.3) is 0 Å². The van der Waals surface area contributed by atoms with Gasteiger partial charge in [-0.1, -0.05) is 25.1 Å². The summed E-state index contributed by atoms with van der Waals surface area (Å²) in [7, 11) is 0. The lowest BCUT2D eigenvalue weighted by Gasteiger charge is -2.19. The number of aryl methyl sites for hydroxylation is 2. The predicted octanol–water partition coefficient (Wildman–Crippen LogP) is 3.05. The van der Waals surface area contributed by atoms with Crippen LogP contribution in [0.2, 0.25) is 0 Å². The number of hydrogen-bond acceptors (Lipinski definition) is 3. The minimum Gasteiger partial charge on any atom is -0.306 e. The molecule has 0 spiro atoms. The minimum atomic E-state index is 0.196.